The Bertz CT molecular complexity index is 491. The van der Waals surface area contributed by atoms with Gasteiger partial charge in [-0.15, -0.1) is 0 Å². The van der Waals surface area contributed by atoms with Crippen LogP contribution in [0.25, 0.3) is 0 Å². The minimum Gasteiger partial charge on any atom is -0.465 e. The third-order valence-electron chi connectivity index (χ3n) is 4.28. The van der Waals surface area contributed by atoms with Crippen molar-refractivity contribution in [1.29, 1.82) is 0 Å². The molecule has 1 heterocycles. The number of ether oxygens (including phenoxy) is 2. The van der Waals surface area contributed by atoms with Gasteiger partial charge in [-0.1, -0.05) is 11.6 Å². The predicted octanol–water partition coefficient (Wildman–Crippen LogP) is 2.15. The molecule has 2 saturated carbocycles. The molecular weight excluding hydrogens is 260 g/mol. The second-order valence-corrected chi connectivity index (χ2v) is 5.61. The molecule has 0 aliphatic heterocycles. The first-order valence-corrected chi connectivity index (χ1v) is 7.25. The molecule has 2 aliphatic carbocycles. The van der Waals surface area contributed by atoms with Crippen molar-refractivity contribution in [2.75, 3.05) is 13.7 Å². The topological polar surface area (TPSA) is 74.5 Å². The minimum atomic E-state index is -0.719. The zero-order chi connectivity index (χ0) is 14.2. The number of aromatic nitrogens is 2. The Morgan fingerprint density at radius 1 is 1.50 bits per heavy atom. The molecule has 2 aliphatic rings. The Balaban J connectivity index is 1.82. The van der Waals surface area contributed by atoms with Gasteiger partial charge in [-0.2, -0.15) is 4.98 Å². The highest BCUT2D eigenvalue weighted by Crippen LogP contribution is 2.46. The summed E-state index contributed by atoms with van der Waals surface area (Å²) in [5.41, 5.74) is -0.719. The molecular formula is C14H20N2O4. The number of esters is 1. The third kappa shape index (κ3) is 2.12. The zero-order valence-corrected chi connectivity index (χ0v) is 11.9. The van der Waals surface area contributed by atoms with Crippen LogP contribution in [0.3, 0.4) is 0 Å². The molecule has 1 atom stereocenters. The zero-order valence-electron chi connectivity index (χ0n) is 11.9. The lowest BCUT2D eigenvalue weighted by molar-refractivity contribution is -0.155. The monoisotopic (exact) mass is 280 g/mol. The molecule has 0 aromatic carbocycles. The van der Waals surface area contributed by atoms with Crippen molar-refractivity contribution in [2.45, 2.75) is 50.5 Å². The fourth-order valence-electron chi connectivity index (χ4n) is 2.76. The van der Waals surface area contributed by atoms with Crippen molar-refractivity contribution < 1.29 is 18.8 Å². The Labute approximate surface area is 117 Å². The van der Waals surface area contributed by atoms with Gasteiger partial charge >= 0.3 is 5.97 Å². The predicted molar refractivity (Wildman–Crippen MR) is 68.9 cm³/mol. The maximum atomic E-state index is 12.2. The Morgan fingerprint density at radius 3 is 2.75 bits per heavy atom. The van der Waals surface area contributed by atoms with Crippen LogP contribution in [-0.4, -0.2) is 29.8 Å². The molecule has 6 nitrogen and oxygen atoms in total. The second kappa shape index (κ2) is 5.16. The van der Waals surface area contributed by atoms with E-state index in [9.17, 15) is 4.79 Å². The van der Waals surface area contributed by atoms with Crippen LogP contribution in [0.2, 0.25) is 0 Å². The lowest BCUT2D eigenvalue weighted by Gasteiger charge is -2.35. The number of hydrogen-bond donors (Lipinski definition) is 0. The standard InChI is InChI=1S/C14H20N2O4/c1-3-19-13(17)14(7-4-8-14)12-15-11(16-20-12)10(18-2)9-5-6-9/h9-10H,3-8H2,1-2H3. The van der Waals surface area contributed by atoms with Crippen LogP contribution in [0.1, 0.15) is 56.8 Å². The summed E-state index contributed by atoms with van der Waals surface area (Å²) in [6.45, 7) is 2.17. The summed E-state index contributed by atoms with van der Waals surface area (Å²) in [6.07, 6.45) is 4.55. The normalized spacial score (nSPS) is 22.1. The van der Waals surface area contributed by atoms with E-state index in [4.69, 9.17) is 14.0 Å². The third-order valence-corrected chi connectivity index (χ3v) is 4.28. The molecule has 2 fully saturated rings. The number of carbonyl (C=O) groups excluding carboxylic acids is 1. The molecule has 1 unspecified atom stereocenters. The summed E-state index contributed by atoms with van der Waals surface area (Å²) in [4.78, 5) is 16.6. The van der Waals surface area contributed by atoms with Crippen LogP contribution in [-0.2, 0) is 19.7 Å². The first kappa shape index (κ1) is 13.5. The van der Waals surface area contributed by atoms with E-state index >= 15 is 0 Å². The van der Waals surface area contributed by atoms with Gasteiger partial charge in [0.15, 0.2) is 0 Å². The lowest BCUT2D eigenvalue weighted by Crippen LogP contribution is -2.44. The molecule has 110 valence electrons. The van der Waals surface area contributed by atoms with Crippen molar-refractivity contribution in [3.63, 3.8) is 0 Å². The van der Waals surface area contributed by atoms with Gasteiger partial charge in [0.05, 0.1) is 6.61 Å². The largest absolute Gasteiger partial charge is 0.465 e. The Morgan fingerprint density at radius 2 is 2.25 bits per heavy atom. The molecule has 0 N–H and O–H groups in total. The maximum Gasteiger partial charge on any atom is 0.321 e. The molecule has 3 rings (SSSR count). The molecule has 0 bridgehead atoms. The van der Waals surface area contributed by atoms with E-state index < -0.39 is 5.41 Å². The van der Waals surface area contributed by atoms with Crippen LogP contribution in [0.4, 0.5) is 0 Å². The first-order valence-electron chi connectivity index (χ1n) is 7.25. The highest BCUT2D eigenvalue weighted by atomic mass is 16.5. The van der Waals surface area contributed by atoms with Gasteiger partial charge < -0.3 is 14.0 Å². The van der Waals surface area contributed by atoms with Gasteiger partial charge in [-0.25, -0.2) is 0 Å². The molecule has 0 radical (unpaired) electrons. The average Bonchev–Trinajstić information content (AvgIpc) is 3.09. The van der Waals surface area contributed by atoms with Crippen LogP contribution >= 0.6 is 0 Å². The molecule has 1 aromatic heterocycles. The molecule has 6 heteroatoms. The SMILES string of the molecule is CCOC(=O)C1(c2nc(C(OC)C3CC3)no2)CCC1. The van der Waals surface area contributed by atoms with Crippen molar-refractivity contribution in [2.24, 2.45) is 5.92 Å². The molecule has 0 saturated heterocycles. The summed E-state index contributed by atoms with van der Waals surface area (Å²) >= 11 is 0. The smallest absolute Gasteiger partial charge is 0.321 e. The van der Waals surface area contributed by atoms with Gasteiger partial charge in [0.1, 0.15) is 11.5 Å². The summed E-state index contributed by atoms with van der Waals surface area (Å²) in [5, 5.41) is 4.02. The number of nitrogens with zero attached hydrogens (tertiary/aromatic N) is 2. The van der Waals surface area contributed by atoms with Crippen molar-refractivity contribution in [3.05, 3.63) is 11.7 Å². The van der Waals surface area contributed by atoms with E-state index in [0.29, 0.717) is 37.1 Å². The highest BCUT2D eigenvalue weighted by Gasteiger charge is 2.52. The van der Waals surface area contributed by atoms with E-state index in [-0.39, 0.29) is 12.1 Å². The van der Waals surface area contributed by atoms with Crippen LogP contribution in [0.5, 0.6) is 0 Å². The van der Waals surface area contributed by atoms with Gasteiger partial charge in [0.2, 0.25) is 11.7 Å². The molecule has 0 amide bonds. The van der Waals surface area contributed by atoms with E-state index in [0.717, 1.165) is 19.3 Å². The van der Waals surface area contributed by atoms with E-state index in [1.54, 1.807) is 14.0 Å². The van der Waals surface area contributed by atoms with Crippen molar-refractivity contribution >= 4 is 5.97 Å². The summed E-state index contributed by atoms with van der Waals surface area (Å²) in [5.74, 6) is 1.17. The summed E-state index contributed by atoms with van der Waals surface area (Å²) < 4.78 is 16.0. The number of hydrogen-bond acceptors (Lipinski definition) is 6. The van der Waals surface area contributed by atoms with Gasteiger partial charge in [0.25, 0.3) is 0 Å². The van der Waals surface area contributed by atoms with Gasteiger partial charge in [-0.05, 0) is 38.5 Å². The maximum absolute atomic E-state index is 12.2. The first-order chi connectivity index (χ1) is 9.71. The fraction of sp³-hybridized carbons (Fsp3) is 0.786. The van der Waals surface area contributed by atoms with Crippen LogP contribution < -0.4 is 0 Å². The van der Waals surface area contributed by atoms with Gasteiger partial charge in [0, 0.05) is 7.11 Å². The lowest BCUT2D eigenvalue weighted by atomic mass is 9.68. The molecule has 1 aromatic rings. The summed E-state index contributed by atoms with van der Waals surface area (Å²) in [6, 6.07) is 0. The van der Waals surface area contributed by atoms with Crippen molar-refractivity contribution in [3.8, 4) is 0 Å². The van der Waals surface area contributed by atoms with Crippen molar-refractivity contribution in [1.82, 2.24) is 10.1 Å². The summed E-state index contributed by atoms with van der Waals surface area (Å²) in [7, 11) is 1.66. The Hall–Kier alpha value is -1.43. The quantitative estimate of drug-likeness (QED) is 0.743. The molecule has 20 heavy (non-hydrogen) atoms. The van der Waals surface area contributed by atoms with Crippen LogP contribution in [0.15, 0.2) is 4.52 Å². The number of rotatable bonds is 6. The minimum absolute atomic E-state index is 0.119. The van der Waals surface area contributed by atoms with Crippen LogP contribution in [0, 0.1) is 5.92 Å². The number of carbonyl (C=O) groups is 1. The number of methoxy groups -OCH3 is 1. The van der Waals surface area contributed by atoms with E-state index in [2.05, 4.69) is 10.1 Å². The Kier molecular flexibility index (Phi) is 3.50. The fourth-order valence-corrected chi connectivity index (χ4v) is 2.76. The molecule has 0 spiro atoms. The average molecular weight is 280 g/mol. The van der Waals surface area contributed by atoms with E-state index in [1.807, 2.05) is 0 Å². The van der Waals surface area contributed by atoms with E-state index in [1.165, 1.54) is 0 Å². The second-order valence-electron chi connectivity index (χ2n) is 5.61. The van der Waals surface area contributed by atoms with Gasteiger partial charge in [-0.3, -0.25) is 4.79 Å². The highest BCUT2D eigenvalue weighted by molar-refractivity contribution is 5.83.